The van der Waals surface area contributed by atoms with Crippen molar-refractivity contribution in [1.29, 1.82) is 0 Å². The Morgan fingerprint density at radius 1 is 0.688 bits per heavy atom. The van der Waals surface area contributed by atoms with Crippen LogP contribution in [0.3, 0.4) is 0 Å². The summed E-state index contributed by atoms with van der Waals surface area (Å²) in [5.41, 5.74) is 28.8. The van der Waals surface area contributed by atoms with Gasteiger partial charge in [-0.05, 0) is 49.8 Å². The number of hydrogen-bond acceptors (Lipinski definition) is 5. The molecule has 0 fully saturated rings. The quantitative estimate of drug-likeness (QED) is 0.0790. The monoisotopic (exact) mass is 451 g/mol. The first kappa shape index (κ1) is 30.0. The van der Waals surface area contributed by atoms with Gasteiger partial charge in [0.25, 0.3) is 0 Å². The van der Waals surface area contributed by atoms with Crippen molar-refractivity contribution >= 4 is 5.91 Å². The van der Waals surface area contributed by atoms with Gasteiger partial charge in [0.1, 0.15) is 6.04 Å². The predicted molar refractivity (Wildman–Crippen MR) is 131 cm³/mol. The fourth-order valence-corrected chi connectivity index (χ4v) is 3.73. The molecule has 0 saturated heterocycles. The fraction of sp³-hybridized carbons (Fsp3) is 0.955. The van der Waals surface area contributed by atoms with Crippen molar-refractivity contribution in [3.8, 4) is 0 Å². The number of nitrogens with two attached hydrogens (primary N) is 2. The van der Waals surface area contributed by atoms with E-state index in [1.54, 1.807) is 0 Å². The molecule has 184 valence electrons. The van der Waals surface area contributed by atoms with Crippen LogP contribution in [0.4, 0.5) is 0 Å². The van der Waals surface area contributed by atoms with Crippen molar-refractivity contribution in [3.63, 3.8) is 0 Å². The number of hydrogen-bond donors (Lipinski definition) is 3. The molecule has 2 unspecified atom stereocenters. The standard InChI is InChI=1S/C22H45N9O/c23-17-13-9-5-1-2-7-11-15-19-27-22(32)21(29-31-26)20(28-30-25)16-12-8-4-3-6-10-14-18-24/h20-21H,1-19,23-24H2,(H,27,32). The van der Waals surface area contributed by atoms with Gasteiger partial charge in [-0.15, -0.1) is 0 Å². The third kappa shape index (κ3) is 17.7. The van der Waals surface area contributed by atoms with Gasteiger partial charge in [-0.3, -0.25) is 4.79 Å². The predicted octanol–water partition coefficient (Wildman–Crippen LogP) is 5.62. The van der Waals surface area contributed by atoms with Gasteiger partial charge >= 0.3 is 0 Å². The van der Waals surface area contributed by atoms with E-state index in [9.17, 15) is 4.79 Å². The number of carbonyl (C=O) groups excluding carboxylic acids is 1. The molecule has 32 heavy (non-hydrogen) atoms. The molecule has 2 atom stereocenters. The summed E-state index contributed by atoms with van der Waals surface area (Å²) in [7, 11) is 0. The molecule has 10 nitrogen and oxygen atoms in total. The number of nitrogens with zero attached hydrogens (tertiary/aromatic N) is 6. The van der Waals surface area contributed by atoms with Crippen LogP contribution < -0.4 is 16.8 Å². The van der Waals surface area contributed by atoms with Crippen LogP contribution in [-0.2, 0) is 4.79 Å². The molecule has 0 aliphatic rings. The van der Waals surface area contributed by atoms with E-state index in [2.05, 4.69) is 25.4 Å². The Morgan fingerprint density at radius 2 is 1.12 bits per heavy atom. The Morgan fingerprint density at radius 3 is 1.59 bits per heavy atom. The van der Waals surface area contributed by atoms with Crippen LogP contribution in [0.2, 0.25) is 0 Å². The molecule has 0 aliphatic carbocycles. The van der Waals surface area contributed by atoms with Gasteiger partial charge in [-0.1, -0.05) is 87.3 Å². The van der Waals surface area contributed by atoms with Crippen LogP contribution in [-0.4, -0.2) is 37.6 Å². The molecule has 10 heteroatoms. The van der Waals surface area contributed by atoms with Crippen LogP contribution >= 0.6 is 0 Å². The van der Waals surface area contributed by atoms with Crippen molar-refractivity contribution in [2.75, 3.05) is 19.6 Å². The second-order valence-electron chi connectivity index (χ2n) is 8.38. The summed E-state index contributed by atoms with van der Waals surface area (Å²) in [6.07, 6.45) is 17.1. The molecule has 0 radical (unpaired) electrons. The number of rotatable bonds is 23. The van der Waals surface area contributed by atoms with Gasteiger partial charge in [-0.25, -0.2) is 0 Å². The minimum atomic E-state index is -0.997. The molecule has 0 spiro atoms. The molecule has 0 saturated carbocycles. The lowest BCUT2D eigenvalue weighted by molar-refractivity contribution is -0.122. The Kier molecular flexibility index (Phi) is 22.2. The van der Waals surface area contributed by atoms with Crippen molar-refractivity contribution in [1.82, 2.24) is 5.32 Å². The number of nitrogens with one attached hydrogen (secondary N) is 1. The van der Waals surface area contributed by atoms with Gasteiger partial charge < -0.3 is 16.8 Å². The summed E-state index contributed by atoms with van der Waals surface area (Å²) in [5, 5.41) is 10.2. The molecule has 0 aromatic rings. The number of unbranched alkanes of at least 4 members (excludes halogenated alkanes) is 13. The molecule has 0 rings (SSSR count). The zero-order valence-corrected chi connectivity index (χ0v) is 19.8. The van der Waals surface area contributed by atoms with Crippen molar-refractivity contribution in [2.45, 2.75) is 115 Å². The molecule has 1 amide bonds. The van der Waals surface area contributed by atoms with Crippen molar-refractivity contribution < 1.29 is 4.79 Å². The first-order chi connectivity index (χ1) is 15.7. The summed E-state index contributed by atoms with van der Waals surface area (Å²) < 4.78 is 0. The summed E-state index contributed by atoms with van der Waals surface area (Å²) in [5.74, 6) is -0.358. The third-order valence-electron chi connectivity index (χ3n) is 5.64. The normalized spacial score (nSPS) is 12.4. The first-order valence-electron chi connectivity index (χ1n) is 12.5. The first-order valence-corrected chi connectivity index (χ1v) is 12.5. The van der Waals surface area contributed by atoms with Gasteiger partial charge in [0.2, 0.25) is 5.91 Å². The maximum absolute atomic E-state index is 12.5. The highest BCUT2D eigenvalue weighted by Crippen LogP contribution is 2.16. The van der Waals surface area contributed by atoms with E-state index in [0.717, 1.165) is 77.3 Å². The van der Waals surface area contributed by atoms with Crippen LogP contribution in [0.25, 0.3) is 20.9 Å². The zero-order chi connectivity index (χ0) is 23.7. The molecular weight excluding hydrogens is 406 g/mol. The highest BCUT2D eigenvalue weighted by atomic mass is 16.2. The maximum atomic E-state index is 12.5. The van der Waals surface area contributed by atoms with E-state index < -0.39 is 12.1 Å². The Bertz CT molecular complexity index is 546. The number of carbonyl (C=O) groups is 1. The fourth-order valence-electron chi connectivity index (χ4n) is 3.73. The van der Waals surface area contributed by atoms with Crippen LogP contribution in [0.1, 0.15) is 103 Å². The second-order valence-corrected chi connectivity index (χ2v) is 8.38. The van der Waals surface area contributed by atoms with E-state index in [4.69, 9.17) is 22.5 Å². The van der Waals surface area contributed by atoms with Crippen LogP contribution in [0.15, 0.2) is 10.2 Å². The summed E-state index contributed by atoms with van der Waals surface area (Å²) >= 11 is 0. The lowest BCUT2D eigenvalue weighted by Crippen LogP contribution is -2.40. The van der Waals surface area contributed by atoms with E-state index in [0.29, 0.717) is 13.0 Å². The minimum Gasteiger partial charge on any atom is -0.356 e. The highest BCUT2D eigenvalue weighted by Gasteiger charge is 2.26. The smallest absolute Gasteiger partial charge is 0.229 e. The summed E-state index contributed by atoms with van der Waals surface area (Å²) in [4.78, 5) is 18.2. The van der Waals surface area contributed by atoms with E-state index in [-0.39, 0.29) is 5.91 Å². The van der Waals surface area contributed by atoms with E-state index >= 15 is 0 Å². The largest absolute Gasteiger partial charge is 0.356 e. The Hall–Kier alpha value is -1.99. The average molecular weight is 452 g/mol. The topological polar surface area (TPSA) is 179 Å². The molecule has 0 heterocycles. The van der Waals surface area contributed by atoms with Crippen LogP contribution in [0, 0.1) is 0 Å². The molecule has 0 aliphatic heterocycles. The average Bonchev–Trinajstić information content (AvgIpc) is 2.79. The molecule has 0 aromatic carbocycles. The molecule has 0 bridgehead atoms. The van der Waals surface area contributed by atoms with E-state index in [1.165, 1.54) is 32.1 Å². The Labute approximate surface area is 193 Å². The second kappa shape index (κ2) is 23.7. The van der Waals surface area contributed by atoms with Crippen molar-refractivity contribution in [3.05, 3.63) is 20.9 Å². The van der Waals surface area contributed by atoms with E-state index in [1.807, 2.05) is 0 Å². The molecule has 0 aromatic heterocycles. The Balaban J connectivity index is 4.19. The summed E-state index contributed by atoms with van der Waals surface area (Å²) in [6.45, 7) is 2.05. The lowest BCUT2D eigenvalue weighted by atomic mass is 10.0. The lowest BCUT2D eigenvalue weighted by Gasteiger charge is -2.18. The molecular formula is C22H45N9O. The third-order valence-corrected chi connectivity index (χ3v) is 5.64. The van der Waals surface area contributed by atoms with Gasteiger partial charge in [-0.2, -0.15) is 0 Å². The SMILES string of the molecule is [N-]=[N+]=NC(CCCCCCCCCN)C(N=[N+]=[N-])C(=O)NCCCCCCCCCCN. The summed E-state index contributed by atoms with van der Waals surface area (Å²) in [6, 6.07) is -1.65. The number of amides is 1. The van der Waals surface area contributed by atoms with Gasteiger partial charge in [0.15, 0.2) is 0 Å². The van der Waals surface area contributed by atoms with Crippen LogP contribution in [0.5, 0.6) is 0 Å². The highest BCUT2D eigenvalue weighted by molar-refractivity contribution is 5.82. The van der Waals surface area contributed by atoms with Crippen molar-refractivity contribution in [2.24, 2.45) is 21.7 Å². The van der Waals surface area contributed by atoms with Gasteiger partial charge in [0.05, 0.1) is 6.04 Å². The van der Waals surface area contributed by atoms with Gasteiger partial charge in [0, 0.05) is 16.4 Å². The minimum absolute atomic E-state index is 0.358. The maximum Gasteiger partial charge on any atom is 0.229 e. The number of azide groups is 2. The zero-order valence-electron chi connectivity index (χ0n) is 19.8. The molecule has 5 N–H and O–H groups in total.